The summed E-state index contributed by atoms with van der Waals surface area (Å²) in [5, 5.41) is 8.02. The Morgan fingerprint density at radius 2 is 2.11 bits per heavy atom. The number of pyridine rings is 1. The monoisotopic (exact) mass is 425 g/mol. The zero-order valence-corrected chi connectivity index (χ0v) is 16.7. The fraction of sp³-hybridized carbons (Fsp3) is 0.238. The molecule has 6 heteroatoms. The lowest BCUT2D eigenvalue weighted by Crippen LogP contribution is -2.42. The van der Waals surface area contributed by atoms with Crippen molar-refractivity contribution < 1.29 is 9.53 Å². The zero-order chi connectivity index (χ0) is 19.0. The summed E-state index contributed by atoms with van der Waals surface area (Å²) in [5.41, 5.74) is 1.37. The van der Waals surface area contributed by atoms with Crippen LogP contribution in [-0.2, 0) is 0 Å². The fourth-order valence-corrected chi connectivity index (χ4v) is 3.88. The van der Waals surface area contributed by atoms with Gasteiger partial charge in [-0.3, -0.25) is 4.98 Å². The van der Waals surface area contributed by atoms with Gasteiger partial charge in [-0.1, -0.05) is 28.1 Å². The Balaban J connectivity index is 1.58. The average molecular weight is 426 g/mol. The second-order valence-electron chi connectivity index (χ2n) is 7.30. The van der Waals surface area contributed by atoms with E-state index in [1.54, 1.807) is 12.4 Å². The van der Waals surface area contributed by atoms with Gasteiger partial charge in [0, 0.05) is 39.6 Å². The van der Waals surface area contributed by atoms with Crippen molar-refractivity contribution >= 4 is 38.4 Å². The summed E-state index contributed by atoms with van der Waals surface area (Å²) < 4.78 is 7.02. The first-order chi connectivity index (χ1) is 12.9. The molecular formula is C21H20BrN3O2. The van der Waals surface area contributed by atoms with Gasteiger partial charge < -0.3 is 15.4 Å². The van der Waals surface area contributed by atoms with Crippen LogP contribution < -0.4 is 15.4 Å². The largest absolute Gasteiger partial charge is 0.487 e. The van der Waals surface area contributed by atoms with Crippen LogP contribution in [0, 0.1) is 0 Å². The van der Waals surface area contributed by atoms with Gasteiger partial charge in [0.05, 0.1) is 11.7 Å². The number of nitrogens with one attached hydrogen (secondary N) is 2. The van der Waals surface area contributed by atoms with E-state index in [4.69, 9.17) is 4.74 Å². The molecule has 1 aliphatic rings. The lowest BCUT2D eigenvalue weighted by molar-refractivity contribution is 0.0682. The van der Waals surface area contributed by atoms with Gasteiger partial charge in [-0.15, -0.1) is 0 Å². The highest BCUT2D eigenvalue weighted by molar-refractivity contribution is 9.10. The van der Waals surface area contributed by atoms with Crippen molar-refractivity contribution in [1.29, 1.82) is 0 Å². The predicted octanol–water partition coefficient (Wildman–Crippen LogP) is 5.42. The van der Waals surface area contributed by atoms with Crippen LogP contribution in [0.15, 0.2) is 59.3 Å². The number of amides is 2. The molecule has 27 heavy (non-hydrogen) atoms. The molecule has 3 aromatic rings. The number of hydrogen-bond donors (Lipinski definition) is 2. The molecule has 1 unspecified atom stereocenters. The van der Waals surface area contributed by atoms with Crippen LogP contribution in [0.2, 0.25) is 0 Å². The molecule has 2 aromatic carbocycles. The summed E-state index contributed by atoms with van der Waals surface area (Å²) in [7, 11) is 0. The van der Waals surface area contributed by atoms with Gasteiger partial charge in [-0.2, -0.15) is 0 Å². The molecule has 1 atom stereocenters. The summed E-state index contributed by atoms with van der Waals surface area (Å²) in [6.07, 6.45) is 4.19. The normalized spacial score (nSPS) is 17.7. The molecule has 4 rings (SSSR count). The number of fused-ring (bicyclic) bond motifs is 2. The molecular weight excluding hydrogens is 406 g/mol. The van der Waals surface area contributed by atoms with Gasteiger partial charge in [-0.25, -0.2) is 4.79 Å². The van der Waals surface area contributed by atoms with Crippen LogP contribution >= 0.6 is 15.9 Å². The molecule has 0 fully saturated rings. The Morgan fingerprint density at radius 3 is 2.96 bits per heavy atom. The minimum Gasteiger partial charge on any atom is -0.487 e. The first-order valence-corrected chi connectivity index (χ1v) is 9.59. The number of carbonyl (C=O) groups is 1. The third kappa shape index (κ3) is 3.76. The van der Waals surface area contributed by atoms with Crippen LogP contribution in [0.1, 0.15) is 31.9 Å². The van der Waals surface area contributed by atoms with E-state index in [2.05, 4.69) is 31.5 Å². The van der Waals surface area contributed by atoms with Crippen LogP contribution in [0.4, 0.5) is 10.5 Å². The maximum atomic E-state index is 12.7. The third-order valence-electron chi connectivity index (χ3n) is 4.66. The summed E-state index contributed by atoms with van der Waals surface area (Å²) in [4.78, 5) is 16.9. The topological polar surface area (TPSA) is 63.2 Å². The number of urea groups is 1. The van der Waals surface area contributed by atoms with E-state index in [9.17, 15) is 4.79 Å². The maximum absolute atomic E-state index is 12.7. The van der Waals surface area contributed by atoms with E-state index < -0.39 is 0 Å². The second kappa shape index (κ2) is 6.85. The molecule has 0 saturated carbocycles. The summed E-state index contributed by atoms with van der Waals surface area (Å²) in [6, 6.07) is 13.2. The molecule has 5 nitrogen and oxygen atoms in total. The first kappa shape index (κ1) is 17.8. The highest BCUT2D eigenvalue weighted by Gasteiger charge is 2.34. The number of anilines is 1. The number of aromatic nitrogens is 1. The van der Waals surface area contributed by atoms with Gasteiger partial charge in [-0.05, 0) is 44.2 Å². The number of benzene rings is 2. The molecule has 0 saturated heterocycles. The minimum absolute atomic E-state index is 0.141. The van der Waals surface area contributed by atoms with Gasteiger partial charge in [0.15, 0.2) is 0 Å². The molecule has 1 aromatic heterocycles. The van der Waals surface area contributed by atoms with Crippen molar-refractivity contribution in [3.63, 3.8) is 0 Å². The maximum Gasteiger partial charge on any atom is 0.319 e. The molecule has 2 N–H and O–H groups in total. The second-order valence-corrected chi connectivity index (χ2v) is 8.22. The number of nitrogens with zero attached hydrogens (tertiary/aromatic N) is 1. The van der Waals surface area contributed by atoms with E-state index >= 15 is 0 Å². The fourth-order valence-electron chi connectivity index (χ4n) is 3.50. The number of hydrogen-bond acceptors (Lipinski definition) is 3. The van der Waals surface area contributed by atoms with Gasteiger partial charge in [0.25, 0.3) is 0 Å². The van der Waals surface area contributed by atoms with Crippen LogP contribution in [-0.4, -0.2) is 16.6 Å². The van der Waals surface area contributed by atoms with E-state index in [1.807, 2.05) is 56.3 Å². The minimum atomic E-state index is -0.357. The smallest absolute Gasteiger partial charge is 0.319 e. The lowest BCUT2D eigenvalue weighted by atomic mass is 9.90. The Bertz CT molecular complexity index is 1010. The molecule has 0 spiro atoms. The molecule has 1 aliphatic heterocycles. The van der Waals surface area contributed by atoms with Crippen molar-refractivity contribution in [2.24, 2.45) is 0 Å². The first-order valence-electron chi connectivity index (χ1n) is 8.80. The van der Waals surface area contributed by atoms with Crippen molar-refractivity contribution in [3.05, 3.63) is 64.9 Å². The Morgan fingerprint density at radius 1 is 1.26 bits per heavy atom. The molecule has 0 radical (unpaired) electrons. The lowest BCUT2D eigenvalue weighted by Gasteiger charge is -2.38. The summed E-state index contributed by atoms with van der Waals surface area (Å²) in [5.74, 6) is 0.802. The number of rotatable bonds is 2. The Labute approximate surface area is 166 Å². The van der Waals surface area contributed by atoms with E-state index in [-0.39, 0.29) is 17.7 Å². The highest BCUT2D eigenvalue weighted by atomic mass is 79.9. The van der Waals surface area contributed by atoms with Crippen LogP contribution in [0.25, 0.3) is 10.8 Å². The Hall–Kier alpha value is -2.60. The van der Waals surface area contributed by atoms with E-state index in [1.165, 1.54) is 0 Å². The molecule has 2 heterocycles. The number of ether oxygens (including phenoxy) is 1. The highest BCUT2D eigenvalue weighted by Crippen LogP contribution is 2.40. The molecule has 0 bridgehead atoms. The van der Waals surface area contributed by atoms with Crippen molar-refractivity contribution in [2.45, 2.75) is 31.9 Å². The van der Waals surface area contributed by atoms with Gasteiger partial charge in [0.1, 0.15) is 11.4 Å². The molecule has 0 aliphatic carbocycles. The van der Waals surface area contributed by atoms with E-state index in [0.29, 0.717) is 6.42 Å². The van der Waals surface area contributed by atoms with Crippen LogP contribution in [0.3, 0.4) is 0 Å². The Kier molecular flexibility index (Phi) is 4.52. The molecule has 138 valence electrons. The van der Waals surface area contributed by atoms with Crippen molar-refractivity contribution in [1.82, 2.24) is 10.3 Å². The van der Waals surface area contributed by atoms with Gasteiger partial charge in [0.2, 0.25) is 0 Å². The van der Waals surface area contributed by atoms with E-state index in [0.717, 1.165) is 32.2 Å². The predicted molar refractivity (Wildman–Crippen MR) is 110 cm³/mol. The van der Waals surface area contributed by atoms with Crippen LogP contribution in [0.5, 0.6) is 5.75 Å². The quantitative estimate of drug-likeness (QED) is 0.575. The zero-order valence-electron chi connectivity index (χ0n) is 15.1. The molecule has 2 amide bonds. The summed E-state index contributed by atoms with van der Waals surface area (Å²) in [6.45, 7) is 4.06. The SMILES string of the molecule is CC1(C)CC(NC(=O)Nc2cccc3cnccc23)c2cc(Br)ccc2O1. The van der Waals surface area contributed by atoms with Gasteiger partial charge >= 0.3 is 6.03 Å². The van der Waals surface area contributed by atoms with Crippen molar-refractivity contribution in [2.75, 3.05) is 5.32 Å². The third-order valence-corrected chi connectivity index (χ3v) is 5.16. The standard InChI is InChI=1S/C21H20BrN3O2/c1-21(2)11-18(16-10-14(22)6-7-19(16)27-21)25-20(26)24-17-5-3-4-13-12-23-9-8-15(13)17/h3-10,12,18H,11H2,1-2H3,(H2,24,25,26). The van der Waals surface area contributed by atoms with Crippen molar-refractivity contribution in [3.8, 4) is 5.75 Å². The summed E-state index contributed by atoms with van der Waals surface area (Å²) >= 11 is 3.50. The number of halogens is 1. The number of carbonyl (C=O) groups excluding carboxylic acids is 1. The average Bonchev–Trinajstić information content (AvgIpc) is 2.62.